The van der Waals surface area contributed by atoms with E-state index in [1.807, 2.05) is 18.2 Å². The van der Waals surface area contributed by atoms with Gasteiger partial charge >= 0.3 is 0 Å². The quantitative estimate of drug-likeness (QED) is 0.583. The number of halogens is 1. The monoisotopic (exact) mass is 351 g/mol. The molecule has 0 aliphatic heterocycles. The van der Waals surface area contributed by atoms with Crippen LogP contribution in [0.25, 0.3) is 10.9 Å². The van der Waals surface area contributed by atoms with Crippen molar-refractivity contribution in [2.24, 2.45) is 5.92 Å². The summed E-state index contributed by atoms with van der Waals surface area (Å²) in [5.41, 5.74) is 8.66. The van der Waals surface area contributed by atoms with Crippen molar-refractivity contribution >= 4 is 38.2 Å². The number of nitrogens with one attached hydrogen (secondary N) is 1. The maximum absolute atomic E-state index is 6.01. The summed E-state index contributed by atoms with van der Waals surface area (Å²) >= 11 is 3.43. The van der Waals surface area contributed by atoms with Gasteiger partial charge in [0.25, 0.3) is 0 Å². The summed E-state index contributed by atoms with van der Waals surface area (Å²) in [6, 6.07) is 5.89. The smallest absolute Gasteiger partial charge is 0.0954 e. The number of rotatable bonds is 7. The zero-order chi connectivity index (χ0) is 15.2. The maximum atomic E-state index is 6.01. The summed E-state index contributed by atoms with van der Waals surface area (Å²) in [5, 5.41) is 4.37. The largest absolute Gasteiger partial charge is 0.398 e. The fraction of sp³-hybridized carbons (Fsp3) is 0.438. The summed E-state index contributed by atoms with van der Waals surface area (Å²) in [6.07, 6.45) is 2.76. The summed E-state index contributed by atoms with van der Waals surface area (Å²) in [6.45, 7) is 6.76. The van der Waals surface area contributed by atoms with Crippen LogP contribution in [0.15, 0.2) is 28.9 Å². The predicted molar refractivity (Wildman–Crippen MR) is 92.6 cm³/mol. The van der Waals surface area contributed by atoms with Gasteiger partial charge in [0.15, 0.2) is 0 Å². The molecule has 1 heterocycles. The lowest BCUT2D eigenvalue weighted by atomic mass is 10.1. The molecule has 0 bridgehead atoms. The van der Waals surface area contributed by atoms with Crippen molar-refractivity contribution < 1.29 is 4.74 Å². The maximum Gasteiger partial charge on any atom is 0.0954 e. The Morgan fingerprint density at radius 1 is 1.38 bits per heavy atom. The third-order valence-corrected chi connectivity index (χ3v) is 3.52. The Bertz CT molecular complexity index is 601. The highest BCUT2D eigenvalue weighted by Crippen LogP contribution is 2.28. The zero-order valence-electron chi connectivity index (χ0n) is 12.5. The molecule has 0 saturated heterocycles. The van der Waals surface area contributed by atoms with Crippen molar-refractivity contribution in [1.82, 2.24) is 4.98 Å². The molecular weight excluding hydrogens is 330 g/mol. The topological polar surface area (TPSA) is 60.2 Å². The van der Waals surface area contributed by atoms with Crippen LogP contribution in [0.4, 0.5) is 11.4 Å². The van der Waals surface area contributed by atoms with Gasteiger partial charge in [-0.1, -0.05) is 13.8 Å². The standard InChI is InChI=1S/C16H22BrN3O/c1-11(2)10-21-7-3-6-19-15-5-4-14(18)13-8-12(17)9-20-16(13)15/h4-5,8-9,11,19H,3,6-7,10,18H2,1-2H3. The van der Waals surface area contributed by atoms with E-state index in [0.717, 1.165) is 52.9 Å². The first kappa shape index (κ1) is 16.0. The number of aromatic nitrogens is 1. The minimum Gasteiger partial charge on any atom is -0.398 e. The number of fused-ring (bicyclic) bond motifs is 1. The van der Waals surface area contributed by atoms with Crippen LogP contribution >= 0.6 is 15.9 Å². The Morgan fingerprint density at radius 2 is 2.19 bits per heavy atom. The third-order valence-electron chi connectivity index (χ3n) is 3.08. The summed E-state index contributed by atoms with van der Waals surface area (Å²) in [4.78, 5) is 4.46. The van der Waals surface area contributed by atoms with Gasteiger partial charge in [0.2, 0.25) is 0 Å². The number of hydrogen-bond donors (Lipinski definition) is 2. The highest BCUT2D eigenvalue weighted by atomic mass is 79.9. The molecule has 21 heavy (non-hydrogen) atoms. The van der Waals surface area contributed by atoms with Gasteiger partial charge in [-0.25, -0.2) is 0 Å². The van der Waals surface area contributed by atoms with E-state index in [9.17, 15) is 0 Å². The Balaban J connectivity index is 1.95. The van der Waals surface area contributed by atoms with E-state index < -0.39 is 0 Å². The predicted octanol–water partition coefficient (Wildman–Crippen LogP) is 4.05. The first-order valence-electron chi connectivity index (χ1n) is 7.23. The molecule has 2 rings (SSSR count). The van der Waals surface area contributed by atoms with Crippen LogP contribution in [-0.2, 0) is 4.74 Å². The van der Waals surface area contributed by atoms with Crippen molar-refractivity contribution in [1.29, 1.82) is 0 Å². The van der Waals surface area contributed by atoms with Crippen LogP contribution in [0.2, 0.25) is 0 Å². The van der Waals surface area contributed by atoms with Crippen molar-refractivity contribution in [2.75, 3.05) is 30.8 Å². The van der Waals surface area contributed by atoms with E-state index in [1.165, 1.54) is 0 Å². The van der Waals surface area contributed by atoms with E-state index in [0.29, 0.717) is 5.92 Å². The number of nitrogens with zero attached hydrogens (tertiary/aromatic N) is 1. The van der Waals surface area contributed by atoms with Gasteiger partial charge < -0.3 is 15.8 Å². The molecule has 0 saturated carbocycles. The Morgan fingerprint density at radius 3 is 2.95 bits per heavy atom. The molecule has 2 aromatic rings. The minimum absolute atomic E-state index is 0.585. The van der Waals surface area contributed by atoms with Crippen molar-refractivity contribution in [3.63, 3.8) is 0 Å². The van der Waals surface area contributed by atoms with Gasteiger partial charge in [-0.3, -0.25) is 4.98 Å². The fourth-order valence-electron chi connectivity index (χ4n) is 2.07. The summed E-state index contributed by atoms with van der Waals surface area (Å²) in [7, 11) is 0. The number of pyridine rings is 1. The van der Waals surface area contributed by atoms with Crippen LogP contribution in [0.3, 0.4) is 0 Å². The van der Waals surface area contributed by atoms with Crippen molar-refractivity contribution in [3.8, 4) is 0 Å². The average molecular weight is 352 g/mol. The van der Waals surface area contributed by atoms with Gasteiger partial charge in [-0.2, -0.15) is 0 Å². The number of nitrogens with two attached hydrogens (primary N) is 1. The number of benzene rings is 1. The first-order chi connectivity index (χ1) is 10.1. The molecule has 1 aromatic heterocycles. The number of anilines is 2. The normalized spacial score (nSPS) is 11.2. The van der Waals surface area contributed by atoms with Crippen LogP contribution < -0.4 is 11.1 Å². The second kappa shape index (κ2) is 7.61. The van der Waals surface area contributed by atoms with Crippen LogP contribution in [0.1, 0.15) is 20.3 Å². The van der Waals surface area contributed by atoms with E-state index in [-0.39, 0.29) is 0 Å². The van der Waals surface area contributed by atoms with E-state index in [4.69, 9.17) is 10.5 Å². The molecule has 0 amide bonds. The van der Waals surface area contributed by atoms with Gasteiger partial charge in [0.1, 0.15) is 0 Å². The molecular formula is C16H22BrN3O. The second-order valence-corrected chi connectivity index (χ2v) is 6.42. The minimum atomic E-state index is 0.585. The van der Waals surface area contributed by atoms with Gasteiger partial charge in [-0.15, -0.1) is 0 Å². The highest BCUT2D eigenvalue weighted by Gasteiger charge is 2.06. The molecule has 0 atom stereocenters. The average Bonchev–Trinajstić information content (AvgIpc) is 2.45. The summed E-state index contributed by atoms with van der Waals surface area (Å²) in [5.74, 6) is 0.585. The van der Waals surface area contributed by atoms with Gasteiger partial charge in [0, 0.05) is 41.5 Å². The molecule has 0 spiro atoms. The van der Waals surface area contributed by atoms with Crippen molar-refractivity contribution in [3.05, 3.63) is 28.9 Å². The summed E-state index contributed by atoms with van der Waals surface area (Å²) < 4.78 is 6.50. The lowest BCUT2D eigenvalue weighted by Gasteiger charge is -2.11. The molecule has 0 aliphatic rings. The molecule has 1 aromatic carbocycles. The van der Waals surface area contributed by atoms with Crippen LogP contribution in [0, 0.1) is 5.92 Å². The van der Waals surface area contributed by atoms with Gasteiger partial charge in [0.05, 0.1) is 11.2 Å². The molecule has 3 N–H and O–H groups in total. The number of nitrogen functional groups attached to an aromatic ring is 1. The van der Waals surface area contributed by atoms with E-state index in [1.54, 1.807) is 6.20 Å². The van der Waals surface area contributed by atoms with E-state index >= 15 is 0 Å². The Labute approximate surface area is 134 Å². The molecule has 0 fully saturated rings. The van der Waals surface area contributed by atoms with Crippen molar-refractivity contribution in [2.45, 2.75) is 20.3 Å². The third kappa shape index (κ3) is 4.58. The molecule has 4 nitrogen and oxygen atoms in total. The lowest BCUT2D eigenvalue weighted by Crippen LogP contribution is -2.09. The number of ether oxygens (including phenoxy) is 1. The molecule has 0 radical (unpaired) electrons. The van der Waals surface area contributed by atoms with Crippen LogP contribution in [0.5, 0.6) is 0 Å². The molecule has 5 heteroatoms. The lowest BCUT2D eigenvalue weighted by molar-refractivity contribution is 0.110. The molecule has 114 valence electrons. The number of hydrogen-bond acceptors (Lipinski definition) is 4. The molecule has 0 aliphatic carbocycles. The molecule has 0 unspecified atom stereocenters. The van der Waals surface area contributed by atoms with Gasteiger partial charge in [-0.05, 0) is 46.5 Å². The second-order valence-electron chi connectivity index (χ2n) is 5.50. The first-order valence-corrected chi connectivity index (χ1v) is 8.02. The van der Waals surface area contributed by atoms with E-state index in [2.05, 4.69) is 40.1 Å². The Hall–Kier alpha value is -1.33. The highest BCUT2D eigenvalue weighted by molar-refractivity contribution is 9.10. The van der Waals surface area contributed by atoms with Crippen LogP contribution in [-0.4, -0.2) is 24.7 Å². The zero-order valence-corrected chi connectivity index (χ0v) is 14.1. The Kier molecular flexibility index (Phi) is 5.82. The SMILES string of the molecule is CC(C)COCCCNc1ccc(N)c2cc(Br)cnc12. The fourth-order valence-corrected chi connectivity index (χ4v) is 2.41.